The topological polar surface area (TPSA) is 58.2 Å². The minimum absolute atomic E-state index is 0. The number of carbonyl (C=O) groups excluding carboxylic acids is 2. The van der Waals surface area contributed by atoms with E-state index in [2.05, 4.69) is 10.6 Å². The van der Waals surface area contributed by atoms with Crippen molar-refractivity contribution in [2.75, 3.05) is 13.1 Å². The molecule has 0 saturated heterocycles. The van der Waals surface area contributed by atoms with Gasteiger partial charge in [0.25, 0.3) is 0 Å². The van der Waals surface area contributed by atoms with E-state index in [-0.39, 0.29) is 28.6 Å². The molecule has 2 rings (SSSR count). The third-order valence-corrected chi connectivity index (χ3v) is 3.34. The fourth-order valence-electron chi connectivity index (χ4n) is 1.77. The minimum atomic E-state index is -0.0913. The molecule has 7 heteroatoms. The summed E-state index contributed by atoms with van der Waals surface area (Å²) < 4.78 is 0. The van der Waals surface area contributed by atoms with Crippen LogP contribution in [0.25, 0.3) is 0 Å². The standard InChI is InChI=1S/C16H14Cl2N2O2.Mn/c17-13-1-3-15(21)11(7-13)9-19-5-6-20-10-12-8-14(18)2-4-16(12)22;/h1-4,7-10,19-20H,5-6H2;/b11-9-,12-10+;. The molecule has 2 N–H and O–H groups in total. The summed E-state index contributed by atoms with van der Waals surface area (Å²) in [5.74, 6) is -0.183. The van der Waals surface area contributed by atoms with Crippen LogP contribution in [0.3, 0.4) is 0 Å². The van der Waals surface area contributed by atoms with Crippen molar-refractivity contribution in [2.45, 2.75) is 0 Å². The second-order valence-corrected chi connectivity index (χ2v) is 5.43. The Kier molecular flexibility index (Phi) is 8.13. The molecule has 1 radical (unpaired) electrons. The van der Waals surface area contributed by atoms with Gasteiger partial charge in [-0.25, -0.2) is 0 Å². The fraction of sp³-hybridized carbons (Fsp3) is 0.125. The average molecular weight is 392 g/mol. The quantitative estimate of drug-likeness (QED) is 0.429. The zero-order valence-corrected chi connectivity index (χ0v) is 14.7. The van der Waals surface area contributed by atoms with E-state index in [1.807, 2.05) is 0 Å². The van der Waals surface area contributed by atoms with Gasteiger partial charge in [-0.1, -0.05) is 23.2 Å². The monoisotopic (exact) mass is 391 g/mol. The largest absolute Gasteiger partial charge is 0.389 e. The molecule has 0 fully saturated rings. The molecule has 121 valence electrons. The first-order valence-corrected chi connectivity index (χ1v) is 7.38. The Morgan fingerprint density at radius 3 is 1.57 bits per heavy atom. The minimum Gasteiger partial charge on any atom is -0.389 e. The maximum absolute atomic E-state index is 11.5. The Hall–Kier alpha value is -1.52. The van der Waals surface area contributed by atoms with E-state index in [1.165, 1.54) is 12.2 Å². The third kappa shape index (κ3) is 6.24. The predicted molar refractivity (Wildman–Crippen MR) is 88.3 cm³/mol. The van der Waals surface area contributed by atoms with Crippen molar-refractivity contribution < 1.29 is 26.7 Å². The van der Waals surface area contributed by atoms with Crippen molar-refractivity contribution in [3.63, 3.8) is 0 Å². The molecule has 0 bridgehead atoms. The Morgan fingerprint density at radius 1 is 0.783 bits per heavy atom. The predicted octanol–water partition coefficient (Wildman–Crippen LogP) is 2.45. The van der Waals surface area contributed by atoms with Crippen LogP contribution in [0.2, 0.25) is 0 Å². The smallest absolute Gasteiger partial charge is 0.187 e. The molecule has 0 unspecified atom stereocenters. The fourth-order valence-corrected chi connectivity index (χ4v) is 2.13. The molecule has 0 heterocycles. The van der Waals surface area contributed by atoms with Gasteiger partial charge in [0.1, 0.15) is 0 Å². The van der Waals surface area contributed by atoms with Crippen molar-refractivity contribution in [3.05, 3.63) is 70.1 Å². The first kappa shape index (κ1) is 19.5. The second kappa shape index (κ2) is 9.58. The summed E-state index contributed by atoms with van der Waals surface area (Å²) in [4.78, 5) is 23.1. The molecular formula is C16H14Cl2MnN2O2. The number of rotatable bonds is 5. The van der Waals surface area contributed by atoms with E-state index in [4.69, 9.17) is 23.2 Å². The van der Waals surface area contributed by atoms with Crippen LogP contribution in [0.15, 0.2) is 70.1 Å². The summed E-state index contributed by atoms with van der Waals surface area (Å²) in [5.41, 5.74) is 1.02. The van der Waals surface area contributed by atoms with Crippen LogP contribution in [0, 0.1) is 0 Å². The molecular weight excluding hydrogens is 378 g/mol. The Morgan fingerprint density at radius 2 is 1.17 bits per heavy atom. The maximum Gasteiger partial charge on any atom is 0.187 e. The average Bonchev–Trinajstić information content (AvgIpc) is 2.49. The Bertz CT molecular complexity index is 616. The van der Waals surface area contributed by atoms with Gasteiger partial charge in [0.05, 0.1) is 0 Å². The van der Waals surface area contributed by atoms with E-state index >= 15 is 0 Å². The van der Waals surface area contributed by atoms with E-state index in [1.54, 1.807) is 36.7 Å². The summed E-state index contributed by atoms with van der Waals surface area (Å²) in [6.45, 7) is 1.16. The molecule has 0 amide bonds. The van der Waals surface area contributed by atoms with Crippen LogP contribution in [0.4, 0.5) is 0 Å². The second-order valence-electron chi connectivity index (χ2n) is 4.56. The van der Waals surface area contributed by atoms with Crippen molar-refractivity contribution in [3.8, 4) is 0 Å². The SMILES string of the molecule is O=C1C=CC(Cl)=C/C1=C/NCCN/C=C1\C=C(Cl)C=CC1=O.[Mn]. The van der Waals surface area contributed by atoms with Gasteiger partial charge >= 0.3 is 0 Å². The van der Waals surface area contributed by atoms with Crippen LogP contribution >= 0.6 is 23.2 Å². The van der Waals surface area contributed by atoms with Crippen LogP contribution in [-0.2, 0) is 26.7 Å². The van der Waals surface area contributed by atoms with Gasteiger partial charge in [-0.3, -0.25) is 9.59 Å². The van der Waals surface area contributed by atoms with Gasteiger partial charge in [0.15, 0.2) is 11.6 Å². The van der Waals surface area contributed by atoms with Crippen molar-refractivity contribution in [1.29, 1.82) is 0 Å². The molecule has 4 nitrogen and oxygen atoms in total. The van der Waals surface area contributed by atoms with E-state index in [0.29, 0.717) is 34.3 Å². The zero-order valence-electron chi connectivity index (χ0n) is 12.0. The molecule has 0 aliphatic heterocycles. The number of hydrogen-bond donors (Lipinski definition) is 2. The summed E-state index contributed by atoms with van der Waals surface area (Å²) in [7, 11) is 0. The molecule has 0 aromatic carbocycles. The number of allylic oxidation sites excluding steroid dienone is 10. The normalized spacial score (nSPS) is 20.3. The molecule has 0 spiro atoms. The number of ketones is 2. The van der Waals surface area contributed by atoms with Crippen LogP contribution in [0.5, 0.6) is 0 Å². The van der Waals surface area contributed by atoms with Gasteiger partial charge in [0, 0.05) is 63.8 Å². The molecule has 0 saturated carbocycles. The summed E-state index contributed by atoms with van der Waals surface area (Å²) in [5, 5.41) is 7.06. The van der Waals surface area contributed by atoms with Crippen molar-refractivity contribution in [1.82, 2.24) is 10.6 Å². The van der Waals surface area contributed by atoms with Crippen LogP contribution in [0.1, 0.15) is 0 Å². The first-order valence-electron chi connectivity index (χ1n) is 6.62. The van der Waals surface area contributed by atoms with E-state index in [0.717, 1.165) is 0 Å². The first-order chi connectivity index (χ1) is 10.6. The van der Waals surface area contributed by atoms with Gasteiger partial charge in [-0.2, -0.15) is 0 Å². The molecule has 23 heavy (non-hydrogen) atoms. The van der Waals surface area contributed by atoms with E-state index in [9.17, 15) is 9.59 Å². The molecule has 2 aliphatic carbocycles. The molecule has 0 aromatic rings. The summed E-state index contributed by atoms with van der Waals surface area (Å²) in [6, 6.07) is 0. The number of carbonyl (C=O) groups is 2. The van der Waals surface area contributed by atoms with Gasteiger partial charge in [-0.05, 0) is 36.5 Å². The van der Waals surface area contributed by atoms with Crippen molar-refractivity contribution >= 4 is 34.8 Å². The zero-order chi connectivity index (χ0) is 15.9. The van der Waals surface area contributed by atoms with Crippen molar-refractivity contribution in [2.24, 2.45) is 0 Å². The van der Waals surface area contributed by atoms with Gasteiger partial charge in [0.2, 0.25) is 0 Å². The maximum atomic E-state index is 11.5. The number of hydrogen-bond acceptors (Lipinski definition) is 4. The molecule has 2 aliphatic rings. The van der Waals surface area contributed by atoms with Gasteiger partial charge < -0.3 is 10.6 Å². The Balaban J connectivity index is 0.00000264. The van der Waals surface area contributed by atoms with E-state index < -0.39 is 0 Å². The molecule has 0 atom stereocenters. The van der Waals surface area contributed by atoms with Crippen LogP contribution < -0.4 is 10.6 Å². The number of halogens is 2. The number of nitrogens with one attached hydrogen (secondary N) is 2. The third-order valence-electron chi connectivity index (χ3n) is 2.87. The Labute approximate surface area is 155 Å². The molecule has 0 aromatic heterocycles. The summed E-state index contributed by atoms with van der Waals surface area (Å²) >= 11 is 11.7. The summed E-state index contributed by atoms with van der Waals surface area (Å²) in [6.07, 6.45) is 12.4. The van der Waals surface area contributed by atoms with Gasteiger partial charge in [-0.15, -0.1) is 0 Å². The van der Waals surface area contributed by atoms with Crippen LogP contribution in [-0.4, -0.2) is 24.7 Å².